The van der Waals surface area contributed by atoms with Crippen LogP contribution in [0.4, 0.5) is 10.5 Å². The quantitative estimate of drug-likeness (QED) is 0.389. The Morgan fingerprint density at radius 2 is 1.78 bits per heavy atom. The van der Waals surface area contributed by atoms with E-state index in [1.807, 2.05) is 45.0 Å². The van der Waals surface area contributed by atoms with E-state index in [9.17, 15) is 14.4 Å². The number of hydrogen-bond donors (Lipinski definition) is 2. The van der Waals surface area contributed by atoms with Crippen LogP contribution in [0.2, 0.25) is 5.02 Å². The molecule has 0 unspecified atom stereocenters. The van der Waals surface area contributed by atoms with Crippen molar-refractivity contribution in [1.82, 2.24) is 10.2 Å². The Morgan fingerprint density at radius 3 is 2.49 bits per heavy atom. The van der Waals surface area contributed by atoms with E-state index in [1.165, 1.54) is 4.90 Å². The Kier molecular flexibility index (Phi) is 8.14. The summed E-state index contributed by atoms with van der Waals surface area (Å²) < 4.78 is 5.76. The van der Waals surface area contributed by atoms with Gasteiger partial charge >= 0.3 is 6.09 Å². The molecule has 0 aliphatic carbocycles. The van der Waals surface area contributed by atoms with Crippen LogP contribution in [0.3, 0.4) is 0 Å². The van der Waals surface area contributed by atoms with Crippen molar-refractivity contribution in [1.29, 1.82) is 0 Å². The second kappa shape index (κ2) is 11.5. The first-order valence-electron chi connectivity index (χ1n) is 12.2. The SMILES string of the molecule is CC[C@H](C)NC(=O)[C@@H]1[C@@H](c2cccc(NC(=O)c3cccc(Cl)c3)c2)OC(=O)N1Cc1ccc(C)cc1. The van der Waals surface area contributed by atoms with Crippen molar-refractivity contribution in [3.8, 4) is 0 Å². The third-order valence-electron chi connectivity index (χ3n) is 6.39. The summed E-state index contributed by atoms with van der Waals surface area (Å²) in [7, 11) is 0. The van der Waals surface area contributed by atoms with Gasteiger partial charge in [-0.1, -0.05) is 66.6 Å². The predicted molar refractivity (Wildman–Crippen MR) is 143 cm³/mol. The number of hydrogen-bond acceptors (Lipinski definition) is 4. The molecule has 3 aromatic carbocycles. The number of nitrogens with zero attached hydrogens (tertiary/aromatic N) is 1. The predicted octanol–water partition coefficient (Wildman–Crippen LogP) is 5.88. The number of anilines is 1. The molecule has 0 aromatic heterocycles. The minimum Gasteiger partial charge on any atom is -0.438 e. The first-order chi connectivity index (χ1) is 17.7. The zero-order valence-electron chi connectivity index (χ0n) is 21.0. The zero-order chi connectivity index (χ0) is 26.5. The molecule has 2 N–H and O–H groups in total. The van der Waals surface area contributed by atoms with E-state index in [0.29, 0.717) is 21.8 Å². The Hall–Kier alpha value is -3.84. The summed E-state index contributed by atoms with van der Waals surface area (Å²) in [5.41, 5.74) is 3.53. The zero-order valence-corrected chi connectivity index (χ0v) is 21.8. The van der Waals surface area contributed by atoms with Gasteiger partial charge in [-0.2, -0.15) is 0 Å². The number of benzene rings is 3. The minimum absolute atomic E-state index is 0.0617. The molecule has 0 radical (unpaired) electrons. The third kappa shape index (κ3) is 6.30. The molecule has 3 aromatic rings. The monoisotopic (exact) mass is 519 g/mol. The fraction of sp³-hybridized carbons (Fsp3) is 0.276. The third-order valence-corrected chi connectivity index (χ3v) is 6.62. The van der Waals surface area contributed by atoms with Crippen molar-refractivity contribution in [3.05, 3.63) is 100 Å². The van der Waals surface area contributed by atoms with Crippen LogP contribution in [0.25, 0.3) is 0 Å². The molecule has 7 nitrogen and oxygen atoms in total. The summed E-state index contributed by atoms with van der Waals surface area (Å²) in [5, 5.41) is 6.31. The van der Waals surface area contributed by atoms with Crippen LogP contribution in [-0.2, 0) is 16.1 Å². The highest BCUT2D eigenvalue weighted by molar-refractivity contribution is 6.31. The number of halogens is 1. The lowest BCUT2D eigenvalue weighted by Crippen LogP contribution is -2.48. The second-order valence-electron chi connectivity index (χ2n) is 9.27. The molecule has 1 saturated heterocycles. The summed E-state index contributed by atoms with van der Waals surface area (Å²) in [4.78, 5) is 40.6. The molecule has 0 bridgehead atoms. The average Bonchev–Trinajstić information content (AvgIpc) is 3.21. The summed E-state index contributed by atoms with van der Waals surface area (Å²) in [6.07, 6.45) is -0.658. The molecule has 1 aliphatic rings. The van der Waals surface area contributed by atoms with Crippen LogP contribution >= 0.6 is 11.6 Å². The molecule has 8 heteroatoms. The summed E-state index contributed by atoms with van der Waals surface area (Å²) in [5.74, 6) is -0.610. The van der Waals surface area contributed by atoms with Crippen molar-refractivity contribution in [2.45, 2.75) is 51.9 Å². The van der Waals surface area contributed by atoms with E-state index in [0.717, 1.165) is 17.5 Å². The highest BCUT2D eigenvalue weighted by atomic mass is 35.5. The summed E-state index contributed by atoms with van der Waals surface area (Å²) in [6, 6.07) is 20.5. The van der Waals surface area contributed by atoms with Gasteiger partial charge in [0.05, 0.1) is 6.54 Å². The van der Waals surface area contributed by atoms with E-state index in [-0.39, 0.29) is 24.4 Å². The normalized spacial score (nSPS) is 17.7. The topological polar surface area (TPSA) is 87.7 Å². The van der Waals surface area contributed by atoms with Crippen molar-refractivity contribution >= 4 is 35.2 Å². The van der Waals surface area contributed by atoms with E-state index < -0.39 is 18.2 Å². The molecular formula is C29H30ClN3O4. The number of carbonyl (C=O) groups excluding carboxylic acids is 3. The fourth-order valence-electron chi connectivity index (χ4n) is 4.16. The van der Waals surface area contributed by atoms with Gasteiger partial charge in [-0.3, -0.25) is 14.5 Å². The van der Waals surface area contributed by atoms with Crippen molar-refractivity contribution in [2.24, 2.45) is 0 Å². The van der Waals surface area contributed by atoms with Crippen LogP contribution < -0.4 is 10.6 Å². The van der Waals surface area contributed by atoms with Crippen molar-refractivity contribution < 1.29 is 19.1 Å². The van der Waals surface area contributed by atoms with Gasteiger partial charge in [-0.25, -0.2) is 4.79 Å². The van der Waals surface area contributed by atoms with Gasteiger partial charge in [0.2, 0.25) is 5.91 Å². The Labute approximate surface area is 221 Å². The molecule has 0 spiro atoms. The first-order valence-corrected chi connectivity index (χ1v) is 12.6. The van der Waals surface area contributed by atoms with Crippen LogP contribution in [0, 0.1) is 6.92 Å². The maximum atomic E-state index is 13.4. The molecule has 1 heterocycles. The number of rotatable bonds is 8. The van der Waals surface area contributed by atoms with Crippen molar-refractivity contribution in [2.75, 3.05) is 5.32 Å². The highest BCUT2D eigenvalue weighted by Gasteiger charge is 2.47. The second-order valence-corrected chi connectivity index (χ2v) is 9.71. The van der Waals surface area contributed by atoms with Gasteiger partial charge in [-0.15, -0.1) is 0 Å². The number of aryl methyl sites for hydroxylation is 1. The van der Waals surface area contributed by atoms with Crippen LogP contribution in [0.15, 0.2) is 72.8 Å². The molecule has 37 heavy (non-hydrogen) atoms. The van der Waals surface area contributed by atoms with Gasteiger partial charge in [0, 0.05) is 22.3 Å². The lowest BCUT2D eigenvalue weighted by atomic mass is 9.99. The van der Waals surface area contributed by atoms with Gasteiger partial charge < -0.3 is 15.4 Å². The van der Waals surface area contributed by atoms with Gasteiger partial charge in [0.25, 0.3) is 5.91 Å². The van der Waals surface area contributed by atoms with E-state index in [2.05, 4.69) is 10.6 Å². The standard InChI is InChI=1S/C29H30ClN3O4/c1-4-19(3)31-28(35)25-26(37-29(36)33(25)17-20-13-11-18(2)12-14-20)21-7-6-10-24(16-21)32-27(34)22-8-5-9-23(30)15-22/h5-16,19,25-26H,4,17H2,1-3H3,(H,31,35)(H,32,34)/t19-,25-,26+/m0/s1. The maximum Gasteiger partial charge on any atom is 0.411 e. The highest BCUT2D eigenvalue weighted by Crippen LogP contribution is 2.35. The minimum atomic E-state index is -0.873. The summed E-state index contributed by atoms with van der Waals surface area (Å²) >= 11 is 6.02. The Balaban J connectivity index is 1.61. The van der Waals surface area contributed by atoms with E-state index >= 15 is 0 Å². The number of carbonyl (C=O) groups is 3. The van der Waals surface area contributed by atoms with Crippen LogP contribution in [0.1, 0.15) is 53.4 Å². The van der Waals surface area contributed by atoms with Gasteiger partial charge in [0.1, 0.15) is 0 Å². The largest absolute Gasteiger partial charge is 0.438 e. The molecule has 1 aliphatic heterocycles. The molecule has 1 fully saturated rings. The summed E-state index contributed by atoms with van der Waals surface area (Å²) in [6.45, 7) is 6.12. The Morgan fingerprint density at radius 1 is 1.05 bits per heavy atom. The lowest BCUT2D eigenvalue weighted by molar-refractivity contribution is -0.127. The smallest absolute Gasteiger partial charge is 0.411 e. The van der Waals surface area contributed by atoms with Crippen molar-refractivity contribution in [3.63, 3.8) is 0 Å². The van der Waals surface area contributed by atoms with Gasteiger partial charge in [-0.05, 0) is 61.7 Å². The molecule has 192 valence electrons. The molecule has 3 amide bonds. The molecule has 3 atom stereocenters. The first kappa shape index (κ1) is 26.2. The van der Waals surface area contributed by atoms with E-state index in [1.54, 1.807) is 48.5 Å². The number of nitrogens with one attached hydrogen (secondary N) is 2. The maximum absolute atomic E-state index is 13.4. The molecular weight excluding hydrogens is 490 g/mol. The Bertz CT molecular complexity index is 1290. The molecule has 4 rings (SSSR count). The average molecular weight is 520 g/mol. The van der Waals surface area contributed by atoms with Crippen LogP contribution in [-0.4, -0.2) is 34.9 Å². The number of cyclic esters (lactones) is 1. The molecule has 0 saturated carbocycles. The van der Waals surface area contributed by atoms with E-state index in [4.69, 9.17) is 16.3 Å². The lowest BCUT2D eigenvalue weighted by Gasteiger charge is -2.26. The number of ether oxygens (including phenoxy) is 1. The van der Waals surface area contributed by atoms with Crippen LogP contribution in [0.5, 0.6) is 0 Å². The number of amides is 3. The van der Waals surface area contributed by atoms with Gasteiger partial charge in [0.15, 0.2) is 12.1 Å². The fourth-order valence-corrected chi connectivity index (χ4v) is 4.35.